The van der Waals surface area contributed by atoms with Crippen LogP contribution in [0.3, 0.4) is 0 Å². The molecule has 1 aliphatic rings. The SMILES string of the molecule is Cc1ccc(C)c(OCC(=O)N(Cc2nc3ccccc3c(=O)[nH]2)C[C@@H]2CCCO2)c1. The van der Waals surface area contributed by atoms with Gasteiger partial charge in [-0.1, -0.05) is 24.3 Å². The molecule has 2 aromatic carbocycles. The summed E-state index contributed by atoms with van der Waals surface area (Å²) in [7, 11) is 0. The Balaban J connectivity index is 1.53. The Kier molecular flexibility index (Phi) is 6.32. The third-order valence-electron chi connectivity index (χ3n) is 5.50. The maximum Gasteiger partial charge on any atom is 0.261 e. The van der Waals surface area contributed by atoms with Crippen LogP contribution in [0, 0.1) is 13.8 Å². The Morgan fingerprint density at radius 1 is 1.26 bits per heavy atom. The van der Waals surface area contributed by atoms with Gasteiger partial charge in [0.1, 0.15) is 11.6 Å². The second-order valence-corrected chi connectivity index (χ2v) is 8.00. The van der Waals surface area contributed by atoms with Crippen molar-refractivity contribution in [1.82, 2.24) is 14.9 Å². The molecule has 1 amide bonds. The number of amides is 1. The number of nitrogens with zero attached hydrogens (tertiary/aromatic N) is 2. The van der Waals surface area contributed by atoms with Crippen molar-refractivity contribution in [2.24, 2.45) is 0 Å². The average molecular weight is 421 g/mol. The number of hydrogen-bond acceptors (Lipinski definition) is 5. The number of benzene rings is 2. The van der Waals surface area contributed by atoms with Gasteiger partial charge in [0.15, 0.2) is 6.61 Å². The van der Waals surface area contributed by atoms with E-state index in [1.54, 1.807) is 23.1 Å². The van der Waals surface area contributed by atoms with Gasteiger partial charge >= 0.3 is 0 Å². The quantitative estimate of drug-likeness (QED) is 0.634. The van der Waals surface area contributed by atoms with E-state index in [0.717, 1.165) is 24.0 Å². The number of fused-ring (bicyclic) bond motifs is 1. The van der Waals surface area contributed by atoms with Crippen LogP contribution in [-0.4, -0.2) is 46.6 Å². The Labute approximate surface area is 181 Å². The summed E-state index contributed by atoms with van der Waals surface area (Å²) < 4.78 is 11.6. The maximum absolute atomic E-state index is 13.1. The lowest BCUT2D eigenvalue weighted by Crippen LogP contribution is -2.40. The molecule has 162 valence electrons. The lowest BCUT2D eigenvalue weighted by molar-refractivity contribution is -0.135. The highest BCUT2D eigenvalue weighted by molar-refractivity contribution is 5.78. The minimum Gasteiger partial charge on any atom is -0.483 e. The van der Waals surface area contributed by atoms with Gasteiger partial charge in [0.2, 0.25) is 0 Å². The number of aryl methyl sites for hydroxylation is 2. The van der Waals surface area contributed by atoms with Crippen molar-refractivity contribution in [3.8, 4) is 5.75 Å². The van der Waals surface area contributed by atoms with E-state index in [2.05, 4.69) is 9.97 Å². The highest BCUT2D eigenvalue weighted by Crippen LogP contribution is 2.20. The van der Waals surface area contributed by atoms with Crippen molar-refractivity contribution in [3.05, 3.63) is 69.8 Å². The second kappa shape index (κ2) is 9.31. The van der Waals surface area contributed by atoms with Crippen LogP contribution >= 0.6 is 0 Å². The molecule has 31 heavy (non-hydrogen) atoms. The van der Waals surface area contributed by atoms with Gasteiger partial charge in [-0.3, -0.25) is 9.59 Å². The predicted octanol–water partition coefficient (Wildman–Crippen LogP) is 3.13. The zero-order chi connectivity index (χ0) is 21.8. The van der Waals surface area contributed by atoms with E-state index in [4.69, 9.17) is 9.47 Å². The van der Waals surface area contributed by atoms with Crippen molar-refractivity contribution in [3.63, 3.8) is 0 Å². The van der Waals surface area contributed by atoms with Crippen LogP contribution in [0.15, 0.2) is 47.3 Å². The third-order valence-corrected chi connectivity index (χ3v) is 5.50. The van der Waals surface area contributed by atoms with Crippen LogP contribution in [0.5, 0.6) is 5.75 Å². The van der Waals surface area contributed by atoms with Gasteiger partial charge in [0.05, 0.1) is 23.6 Å². The van der Waals surface area contributed by atoms with Crippen molar-refractivity contribution in [2.45, 2.75) is 39.3 Å². The molecule has 1 fully saturated rings. The first-order chi connectivity index (χ1) is 15.0. The number of H-pyrrole nitrogens is 1. The third kappa shape index (κ3) is 5.11. The summed E-state index contributed by atoms with van der Waals surface area (Å²) in [5.41, 5.74) is 2.45. The smallest absolute Gasteiger partial charge is 0.261 e. The molecule has 0 radical (unpaired) electrons. The number of nitrogens with one attached hydrogen (secondary N) is 1. The summed E-state index contributed by atoms with van der Waals surface area (Å²) in [5.74, 6) is 0.969. The van der Waals surface area contributed by atoms with Crippen LogP contribution < -0.4 is 10.3 Å². The van der Waals surface area contributed by atoms with Gasteiger partial charge < -0.3 is 19.4 Å². The summed E-state index contributed by atoms with van der Waals surface area (Å²) in [6, 6.07) is 13.1. The first kappa shape index (κ1) is 21.1. The number of aromatic amines is 1. The zero-order valence-corrected chi connectivity index (χ0v) is 17.9. The number of rotatable bonds is 7. The van der Waals surface area contributed by atoms with Crippen molar-refractivity contribution in [1.29, 1.82) is 0 Å². The molecule has 4 rings (SSSR count). The Morgan fingerprint density at radius 3 is 2.90 bits per heavy atom. The van der Waals surface area contributed by atoms with Gasteiger partial charge in [-0.2, -0.15) is 0 Å². The molecular weight excluding hydrogens is 394 g/mol. The molecule has 0 aliphatic carbocycles. The molecule has 1 aliphatic heterocycles. The second-order valence-electron chi connectivity index (χ2n) is 8.00. The zero-order valence-electron chi connectivity index (χ0n) is 17.9. The standard InChI is InChI=1S/C24H27N3O4/c1-16-9-10-17(2)21(12-16)31-15-23(28)27(13-18-6-5-11-30-18)14-22-25-20-8-4-3-7-19(20)24(29)26-22/h3-4,7-10,12,18H,5-6,11,13-15H2,1-2H3,(H,25,26,29)/t18-/m0/s1. The molecule has 1 N–H and O–H groups in total. The van der Waals surface area contributed by atoms with E-state index in [-0.39, 0.29) is 30.7 Å². The molecule has 2 heterocycles. The van der Waals surface area contributed by atoms with Crippen molar-refractivity contribution >= 4 is 16.8 Å². The van der Waals surface area contributed by atoms with Gasteiger partial charge in [0, 0.05) is 13.2 Å². The number of ether oxygens (including phenoxy) is 2. The molecule has 0 spiro atoms. The molecular formula is C24H27N3O4. The number of para-hydroxylation sites is 1. The molecule has 0 saturated carbocycles. The minimum absolute atomic E-state index is 0.0168. The highest BCUT2D eigenvalue weighted by Gasteiger charge is 2.24. The Hall–Kier alpha value is -3.19. The Bertz CT molecular complexity index is 1140. The highest BCUT2D eigenvalue weighted by atomic mass is 16.5. The molecule has 7 nitrogen and oxygen atoms in total. The summed E-state index contributed by atoms with van der Waals surface area (Å²) in [6.07, 6.45) is 1.87. The van der Waals surface area contributed by atoms with Crippen LogP contribution in [0.1, 0.15) is 29.8 Å². The number of aromatic nitrogens is 2. The lowest BCUT2D eigenvalue weighted by Gasteiger charge is -2.25. The first-order valence-corrected chi connectivity index (χ1v) is 10.6. The van der Waals surface area contributed by atoms with Gasteiger partial charge in [-0.05, 0) is 56.0 Å². The maximum atomic E-state index is 13.1. The van der Waals surface area contributed by atoms with E-state index < -0.39 is 0 Å². The Morgan fingerprint density at radius 2 is 2.10 bits per heavy atom. The van der Waals surface area contributed by atoms with Crippen LogP contribution in [0.25, 0.3) is 10.9 Å². The largest absolute Gasteiger partial charge is 0.483 e. The van der Waals surface area contributed by atoms with Gasteiger partial charge in [-0.25, -0.2) is 4.98 Å². The fraction of sp³-hybridized carbons (Fsp3) is 0.375. The lowest BCUT2D eigenvalue weighted by atomic mass is 10.1. The molecule has 1 saturated heterocycles. The average Bonchev–Trinajstić information content (AvgIpc) is 3.27. The predicted molar refractivity (Wildman–Crippen MR) is 118 cm³/mol. The first-order valence-electron chi connectivity index (χ1n) is 10.6. The van der Waals surface area contributed by atoms with E-state index in [1.165, 1.54) is 0 Å². The minimum atomic E-state index is -0.211. The summed E-state index contributed by atoms with van der Waals surface area (Å²) >= 11 is 0. The van der Waals surface area contributed by atoms with Crippen molar-refractivity contribution in [2.75, 3.05) is 19.8 Å². The number of hydrogen-bond donors (Lipinski definition) is 1. The molecule has 0 bridgehead atoms. The number of carbonyl (C=O) groups excluding carboxylic acids is 1. The van der Waals surface area contributed by atoms with E-state index >= 15 is 0 Å². The number of carbonyl (C=O) groups is 1. The fourth-order valence-corrected chi connectivity index (χ4v) is 3.77. The van der Waals surface area contributed by atoms with Gasteiger partial charge in [0.25, 0.3) is 11.5 Å². The van der Waals surface area contributed by atoms with E-state index in [1.807, 2.05) is 38.1 Å². The fourth-order valence-electron chi connectivity index (χ4n) is 3.77. The van der Waals surface area contributed by atoms with Gasteiger partial charge in [-0.15, -0.1) is 0 Å². The summed E-state index contributed by atoms with van der Waals surface area (Å²) in [4.78, 5) is 34.5. The van der Waals surface area contributed by atoms with Crippen LogP contribution in [-0.2, 0) is 16.1 Å². The van der Waals surface area contributed by atoms with Crippen LogP contribution in [0.2, 0.25) is 0 Å². The molecule has 0 unspecified atom stereocenters. The summed E-state index contributed by atoms with van der Waals surface area (Å²) in [5, 5.41) is 0.529. The monoisotopic (exact) mass is 421 g/mol. The topological polar surface area (TPSA) is 84.5 Å². The van der Waals surface area contributed by atoms with E-state index in [0.29, 0.717) is 35.6 Å². The van der Waals surface area contributed by atoms with Crippen molar-refractivity contribution < 1.29 is 14.3 Å². The molecule has 7 heteroatoms. The van der Waals surface area contributed by atoms with E-state index in [9.17, 15) is 9.59 Å². The molecule has 1 atom stereocenters. The molecule has 1 aromatic heterocycles. The van der Waals surface area contributed by atoms with Crippen LogP contribution in [0.4, 0.5) is 0 Å². The molecule has 3 aromatic rings. The summed E-state index contributed by atoms with van der Waals surface area (Å²) in [6.45, 7) is 5.18. The normalized spacial score (nSPS) is 15.9.